The zero-order chi connectivity index (χ0) is 34.2. The summed E-state index contributed by atoms with van der Waals surface area (Å²) < 4.78 is 76.8. The number of fused-ring (bicyclic) bond motifs is 1. The highest BCUT2D eigenvalue weighted by molar-refractivity contribution is 7.90. The van der Waals surface area contributed by atoms with Crippen molar-refractivity contribution in [1.82, 2.24) is 3.97 Å². The molecule has 240 valence electrons. The normalized spacial score (nSPS) is 14.7. The van der Waals surface area contributed by atoms with Crippen LogP contribution >= 0.6 is 0 Å². The predicted molar refractivity (Wildman–Crippen MR) is 174 cm³/mol. The Labute approximate surface area is 274 Å². The molecule has 1 aliphatic carbocycles. The van der Waals surface area contributed by atoms with Crippen molar-refractivity contribution in [3.05, 3.63) is 119 Å². The fraction of sp³-hybridized carbons (Fsp3) is 0.162. The summed E-state index contributed by atoms with van der Waals surface area (Å²) in [6.45, 7) is 0. The monoisotopic (exact) mass is 665 g/mol. The number of allylic oxidation sites excluding steroid dienone is 2. The molecule has 0 radical (unpaired) electrons. The maximum Gasteiger partial charge on any atom is 0.308 e. The number of aromatic nitrogens is 1. The van der Waals surface area contributed by atoms with E-state index in [0.717, 1.165) is 51.5 Å². The lowest BCUT2D eigenvalue weighted by Crippen LogP contribution is -2.18. The number of esters is 1. The average Bonchev–Trinajstić information content (AvgIpc) is 3.45. The number of rotatable bonds is 7. The lowest BCUT2D eigenvalue weighted by atomic mass is 9.85. The Kier molecular flexibility index (Phi) is 8.65. The molecular weight excluding hydrogens is 639 g/mol. The molecule has 1 unspecified atom stereocenters. The first kappa shape index (κ1) is 32.3. The molecule has 0 spiro atoms. The number of carbonyl (C=O) groups is 1. The third kappa shape index (κ3) is 5.63. The van der Waals surface area contributed by atoms with Gasteiger partial charge < -0.3 is 4.74 Å². The van der Waals surface area contributed by atoms with Gasteiger partial charge >= 0.3 is 5.97 Å². The largest absolute Gasteiger partial charge is 0.469 e. The van der Waals surface area contributed by atoms with E-state index in [9.17, 15) is 32.5 Å². The zero-order valence-corrected chi connectivity index (χ0v) is 26.3. The summed E-state index contributed by atoms with van der Waals surface area (Å²) in [5.74, 6) is -1.25. The van der Waals surface area contributed by atoms with Gasteiger partial charge in [0.2, 0.25) is 0 Å². The number of carbonyl (C=O) groups excluding carboxylic acids is 1. The number of ether oxygens (including phenoxy) is 1. The summed E-state index contributed by atoms with van der Waals surface area (Å²) in [5.41, 5.74) is 2.20. The average molecular weight is 666 g/mol. The molecule has 0 amide bonds. The molecule has 0 saturated carbocycles. The Morgan fingerprint density at radius 1 is 0.917 bits per heavy atom. The van der Waals surface area contributed by atoms with Crippen LogP contribution in [0.5, 0.6) is 0 Å². The molecule has 1 heterocycles. The molecule has 1 atom stereocenters. The quantitative estimate of drug-likeness (QED) is 0.161. The first-order valence-electron chi connectivity index (χ1n) is 14.9. The van der Waals surface area contributed by atoms with Crippen LogP contribution in [0.25, 0.3) is 38.9 Å². The van der Waals surface area contributed by atoms with Crippen LogP contribution in [0, 0.1) is 34.4 Å². The predicted octanol–water partition coefficient (Wildman–Crippen LogP) is 8.39. The van der Waals surface area contributed by atoms with Crippen LogP contribution in [-0.2, 0) is 19.6 Å². The fourth-order valence-electron chi connectivity index (χ4n) is 6.24. The van der Waals surface area contributed by atoms with Crippen molar-refractivity contribution >= 4 is 32.5 Å². The molecule has 4 aromatic carbocycles. The van der Waals surface area contributed by atoms with Crippen LogP contribution in [0.1, 0.15) is 47.9 Å². The Hall–Kier alpha value is -5.65. The van der Waals surface area contributed by atoms with Gasteiger partial charge in [0.1, 0.15) is 5.82 Å². The Morgan fingerprint density at radius 2 is 1.58 bits per heavy atom. The second-order valence-electron chi connectivity index (χ2n) is 11.3. The fourth-order valence-corrected chi connectivity index (χ4v) is 7.79. The Balaban J connectivity index is 1.69. The number of hydrogen-bond acceptors (Lipinski definition) is 6. The minimum absolute atomic E-state index is 0.0541. The number of halogens is 3. The molecule has 48 heavy (non-hydrogen) atoms. The Morgan fingerprint density at radius 3 is 2.19 bits per heavy atom. The number of alkyl halides is 2. The van der Waals surface area contributed by atoms with E-state index in [1.165, 1.54) is 31.4 Å². The van der Waals surface area contributed by atoms with E-state index in [1.807, 2.05) is 12.1 Å². The summed E-state index contributed by atoms with van der Waals surface area (Å²) in [6, 6.07) is 23.5. The van der Waals surface area contributed by atoms with Gasteiger partial charge in [-0.25, -0.2) is 25.6 Å². The summed E-state index contributed by atoms with van der Waals surface area (Å²) >= 11 is 0. The first-order chi connectivity index (χ1) is 23.1. The molecule has 0 fully saturated rings. The van der Waals surface area contributed by atoms with Crippen molar-refractivity contribution in [2.75, 3.05) is 7.11 Å². The van der Waals surface area contributed by atoms with Gasteiger partial charge in [-0.1, -0.05) is 42.5 Å². The van der Waals surface area contributed by atoms with Crippen LogP contribution in [0.2, 0.25) is 0 Å². The van der Waals surface area contributed by atoms with Crippen LogP contribution in [-0.4, -0.2) is 25.5 Å². The highest BCUT2D eigenvalue weighted by Crippen LogP contribution is 2.46. The minimum Gasteiger partial charge on any atom is -0.469 e. The lowest BCUT2D eigenvalue weighted by Gasteiger charge is -2.21. The van der Waals surface area contributed by atoms with Gasteiger partial charge in [0.15, 0.2) is 0 Å². The highest BCUT2D eigenvalue weighted by atomic mass is 32.2. The van der Waals surface area contributed by atoms with E-state index in [2.05, 4.69) is 12.1 Å². The van der Waals surface area contributed by atoms with Gasteiger partial charge in [-0.05, 0) is 78.9 Å². The molecule has 0 bridgehead atoms. The van der Waals surface area contributed by atoms with Crippen LogP contribution in [0.15, 0.2) is 95.9 Å². The molecular formula is C37H26F3N3O4S. The highest BCUT2D eigenvalue weighted by Gasteiger charge is 2.32. The summed E-state index contributed by atoms with van der Waals surface area (Å²) in [4.78, 5) is 11.8. The Bertz CT molecular complexity index is 2280. The number of benzene rings is 4. The van der Waals surface area contributed by atoms with Crippen molar-refractivity contribution in [2.24, 2.45) is 5.92 Å². The minimum atomic E-state index is -4.57. The standard InChI is InChI=1S/C37H26F3N3O4S/c1-47-37(44)24-10-8-22(9-11-24)25-4-2-5-26(18-25)35-34(33-27(20-41)6-3-7-28(33)21-42)31-19-29(38)14-17-32(31)43(35)48(45,46)30-15-12-23(13-16-30)36(39)40/h2-8,12-19,24,36H,9-11H2,1H3. The van der Waals surface area contributed by atoms with Gasteiger partial charge in [-0.3, -0.25) is 4.79 Å². The summed E-state index contributed by atoms with van der Waals surface area (Å²) in [7, 11) is -3.22. The van der Waals surface area contributed by atoms with E-state index in [1.54, 1.807) is 18.2 Å². The van der Waals surface area contributed by atoms with Crippen LogP contribution in [0.4, 0.5) is 13.2 Å². The number of nitrogens with zero attached hydrogens (tertiary/aromatic N) is 3. The van der Waals surface area contributed by atoms with Crippen LogP contribution in [0.3, 0.4) is 0 Å². The SMILES string of the molecule is COC(=O)C1CC=C(c2cccc(-c3c(-c4c(C#N)cccc4C#N)c4cc(F)ccc4n3S(=O)(=O)c3ccc(C(F)F)cc3)c2)CC1. The maximum absolute atomic E-state index is 15.0. The second kappa shape index (κ2) is 12.9. The van der Waals surface area contributed by atoms with Gasteiger partial charge in [0, 0.05) is 27.6 Å². The van der Waals surface area contributed by atoms with Crippen molar-refractivity contribution < 1.29 is 31.1 Å². The van der Waals surface area contributed by atoms with Gasteiger partial charge in [0.05, 0.1) is 52.4 Å². The molecule has 1 aliphatic rings. The zero-order valence-electron chi connectivity index (χ0n) is 25.5. The van der Waals surface area contributed by atoms with Gasteiger partial charge in [-0.15, -0.1) is 0 Å². The topological polar surface area (TPSA) is 113 Å². The van der Waals surface area contributed by atoms with Crippen LogP contribution < -0.4 is 0 Å². The molecule has 1 aromatic heterocycles. The molecule has 0 saturated heterocycles. The second-order valence-corrected chi connectivity index (χ2v) is 13.1. The molecule has 0 N–H and O–H groups in total. The molecule has 5 aromatic rings. The number of nitriles is 2. The molecule has 0 aliphatic heterocycles. The molecule has 6 rings (SSSR count). The van der Waals surface area contributed by atoms with E-state index in [4.69, 9.17) is 4.74 Å². The molecule has 7 nitrogen and oxygen atoms in total. The van der Waals surface area contributed by atoms with E-state index in [-0.39, 0.29) is 61.2 Å². The third-order valence-corrected chi connectivity index (χ3v) is 10.3. The van der Waals surface area contributed by atoms with Crippen molar-refractivity contribution in [3.63, 3.8) is 0 Å². The van der Waals surface area contributed by atoms with Gasteiger partial charge in [-0.2, -0.15) is 10.5 Å². The molecule has 11 heteroatoms. The third-order valence-electron chi connectivity index (χ3n) is 8.56. The number of hydrogen-bond donors (Lipinski definition) is 0. The maximum atomic E-state index is 15.0. The van der Waals surface area contributed by atoms with E-state index in [0.29, 0.717) is 24.8 Å². The summed E-state index contributed by atoms with van der Waals surface area (Å²) in [5, 5.41) is 20.4. The first-order valence-corrected chi connectivity index (χ1v) is 16.3. The van der Waals surface area contributed by atoms with E-state index < -0.39 is 22.3 Å². The van der Waals surface area contributed by atoms with Crippen molar-refractivity contribution in [1.29, 1.82) is 10.5 Å². The smallest absolute Gasteiger partial charge is 0.308 e. The van der Waals surface area contributed by atoms with Crippen molar-refractivity contribution in [2.45, 2.75) is 30.6 Å². The van der Waals surface area contributed by atoms with Gasteiger partial charge in [0.25, 0.3) is 16.4 Å². The van der Waals surface area contributed by atoms with Crippen molar-refractivity contribution in [3.8, 4) is 34.5 Å². The number of methoxy groups -OCH3 is 1. The lowest BCUT2D eigenvalue weighted by molar-refractivity contribution is -0.145. The van der Waals surface area contributed by atoms with E-state index >= 15 is 4.39 Å². The summed E-state index contributed by atoms with van der Waals surface area (Å²) in [6.07, 6.45) is 0.690.